The van der Waals surface area contributed by atoms with Gasteiger partial charge in [0.05, 0.1) is 19.3 Å². The summed E-state index contributed by atoms with van der Waals surface area (Å²) in [4.78, 5) is 0. The average Bonchev–Trinajstić information content (AvgIpc) is 3.03. The van der Waals surface area contributed by atoms with Crippen molar-refractivity contribution in [1.82, 2.24) is 0 Å². The van der Waals surface area contributed by atoms with Gasteiger partial charge in [0.1, 0.15) is 24.4 Å². The van der Waals surface area contributed by atoms with E-state index in [1.165, 1.54) is 0 Å². The van der Waals surface area contributed by atoms with Crippen LogP contribution in [0.1, 0.15) is 12.8 Å². The van der Waals surface area contributed by atoms with Crippen molar-refractivity contribution >= 4 is 62.4 Å². The molecule has 0 aromatic rings. The van der Waals surface area contributed by atoms with Crippen LogP contribution in [0.25, 0.3) is 0 Å². The first-order valence-electron chi connectivity index (χ1n) is 10.7. The first-order valence-corrected chi connectivity index (χ1v) is 18.9. The van der Waals surface area contributed by atoms with Crippen molar-refractivity contribution in [2.24, 2.45) is 5.92 Å². The number of ether oxygens (including phenoxy) is 2. The quantitative estimate of drug-likeness (QED) is 0.0811. The van der Waals surface area contributed by atoms with Crippen molar-refractivity contribution in [3.8, 4) is 0 Å². The van der Waals surface area contributed by atoms with Crippen LogP contribution in [0, 0.1) is 5.92 Å². The molecule has 262 valence electrons. The van der Waals surface area contributed by atoms with E-state index in [1.807, 2.05) is 0 Å². The Morgan fingerprint density at radius 3 is 1.41 bits per heavy atom. The molecule has 1 aliphatic carbocycles. The zero-order valence-electron chi connectivity index (χ0n) is 20.7. The van der Waals surface area contributed by atoms with Crippen molar-refractivity contribution in [3.05, 3.63) is 0 Å². The van der Waals surface area contributed by atoms with Crippen LogP contribution in [-0.2, 0) is 97.0 Å². The lowest BCUT2D eigenvalue weighted by Gasteiger charge is -2.39. The Morgan fingerprint density at radius 1 is 0.523 bits per heavy atom. The Labute approximate surface area is 249 Å². The molecule has 0 aromatic carbocycles. The number of hydrogen-bond donors (Lipinski definition) is 6. The minimum absolute atomic E-state index is 0.796. The van der Waals surface area contributed by atoms with E-state index < -0.39 is 137 Å². The Hall–Kier alpha value is -0.860. The molecule has 1 saturated heterocycles. The zero-order valence-corrected chi connectivity index (χ0v) is 25.6. The molecule has 1 aliphatic heterocycles. The number of rotatable bonds is 16. The van der Waals surface area contributed by atoms with Gasteiger partial charge >= 0.3 is 62.4 Å². The molecule has 1 heterocycles. The third-order valence-electron chi connectivity index (χ3n) is 5.24. The molecule has 1 unspecified atom stereocenters. The maximum absolute atomic E-state index is 11.5. The predicted octanol–water partition coefficient (Wildman–Crippen LogP) is -4.10. The molecule has 0 amide bonds. The van der Waals surface area contributed by atoms with E-state index in [-0.39, 0.29) is 0 Å². The largest absolute Gasteiger partial charge is 0.397 e. The maximum Gasteiger partial charge on any atom is 0.397 e. The molecule has 2 aliphatic rings. The van der Waals surface area contributed by atoms with E-state index in [0.29, 0.717) is 0 Å². The molecule has 2 rings (SSSR count). The summed E-state index contributed by atoms with van der Waals surface area (Å²) in [5.74, 6) is -1.81. The van der Waals surface area contributed by atoms with Crippen molar-refractivity contribution in [3.63, 3.8) is 0 Å². The lowest BCUT2D eigenvalue weighted by Crippen LogP contribution is -2.51. The summed E-state index contributed by atoms with van der Waals surface area (Å²) in [7, 11) is -32.9. The van der Waals surface area contributed by atoms with Crippen LogP contribution in [0.2, 0.25) is 0 Å². The van der Waals surface area contributed by atoms with E-state index in [4.69, 9.17) is 36.8 Å². The van der Waals surface area contributed by atoms with Gasteiger partial charge in [-0.05, 0) is 6.42 Å². The van der Waals surface area contributed by atoms with E-state index >= 15 is 0 Å². The fourth-order valence-electron chi connectivity index (χ4n) is 4.02. The standard InChI is InChI=1S/C12H22O26S6/c13-39(14,15)31-3-5-1-6(2-7(35-41(19,20)21)9(5)36-42(22,23)24)33-12-11(38-44(28,29)30)10(37-43(25,26)27)8(34-12)4-32-40(16,17)18/h5-12H,1-4H2,(H,13,14,15)(H,16,17,18)(H,19,20,21)(H,22,23,24)(H,25,26,27)(H,28,29,30)/t5-,6+,7-,8-,9-,10?,11+,12-/m1/s1. The summed E-state index contributed by atoms with van der Waals surface area (Å²) in [6.07, 6.45) is -17.6. The van der Waals surface area contributed by atoms with Gasteiger partial charge in [-0.15, -0.1) is 0 Å². The van der Waals surface area contributed by atoms with Gasteiger partial charge < -0.3 is 9.47 Å². The second-order valence-corrected chi connectivity index (χ2v) is 14.9. The van der Waals surface area contributed by atoms with Gasteiger partial charge in [-0.3, -0.25) is 27.3 Å². The van der Waals surface area contributed by atoms with E-state index in [1.54, 1.807) is 0 Å². The van der Waals surface area contributed by atoms with Crippen LogP contribution >= 0.6 is 0 Å². The third-order valence-corrected chi connectivity index (χ3v) is 8.00. The highest BCUT2D eigenvalue weighted by atomic mass is 32.3. The van der Waals surface area contributed by atoms with E-state index in [9.17, 15) is 50.5 Å². The molecule has 6 N–H and O–H groups in total. The Kier molecular flexibility index (Phi) is 12.6. The molecule has 8 atom stereocenters. The monoisotopic (exact) mass is 774 g/mol. The van der Waals surface area contributed by atoms with Crippen LogP contribution < -0.4 is 0 Å². The maximum atomic E-state index is 11.5. The lowest BCUT2D eigenvalue weighted by molar-refractivity contribution is -0.210. The minimum atomic E-state index is -5.63. The normalized spacial score (nSPS) is 31.2. The van der Waals surface area contributed by atoms with Gasteiger partial charge in [-0.25, -0.2) is 25.1 Å². The molecule has 0 bridgehead atoms. The van der Waals surface area contributed by atoms with Gasteiger partial charge in [0.2, 0.25) is 0 Å². The van der Waals surface area contributed by atoms with Gasteiger partial charge in [0.15, 0.2) is 12.4 Å². The van der Waals surface area contributed by atoms with Gasteiger partial charge in [0, 0.05) is 12.3 Å². The molecule has 26 nitrogen and oxygen atoms in total. The first-order chi connectivity index (χ1) is 19.5. The molecule has 44 heavy (non-hydrogen) atoms. The smallest absolute Gasteiger partial charge is 0.346 e. The summed E-state index contributed by atoms with van der Waals surface area (Å²) in [6, 6.07) is 0. The second-order valence-electron chi connectivity index (χ2n) is 8.49. The van der Waals surface area contributed by atoms with Crippen LogP contribution in [0.15, 0.2) is 0 Å². The SMILES string of the molecule is O=S(=O)(O)OC[C@H]1C[C@H](O[C@@H]2O[C@H](COS(=O)(=O)O)C(OS(=O)(=O)O)[C@@H]2OS(=O)(=O)O)C[C@@H](OS(=O)(=O)O)[C@@H]1OS(=O)(=O)O. The molecule has 2 fully saturated rings. The van der Waals surface area contributed by atoms with Gasteiger partial charge in [-0.1, -0.05) is 0 Å². The van der Waals surface area contributed by atoms with Crippen LogP contribution in [0.3, 0.4) is 0 Å². The van der Waals surface area contributed by atoms with Gasteiger partial charge in [0.25, 0.3) is 0 Å². The minimum Gasteiger partial charge on any atom is -0.346 e. The molecular weight excluding hydrogens is 753 g/mol. The highest BCUT2D eigenvalue weighted by Gasteiger charge is 2.54. The van der Waals surface area contributed by atoms with Crippen molar-refractivity contribution < 1.29 is 112 Å². The van der Waals surface area contributed by atoms with Crippen molar-refractivity contribution in [2.75, 3.05) is 13.2 Å². The van der Waals surface area contributed by atoms with Crippen molar-refractivity contribution in [2.45, 2.75) is 55.8 Å². The Balaban J connectivity index is 2.53. The molecule has 32 heteroatoms. The molecule has 0 spiro atoms. The molecule has 0 aromatic heterocycles. The highest BCUT2D eigenvalue weighted by Crippen LogP contribution is 2.37. The van der Waals surface area contributed by atoms with E-state index in [0.717, 1.165) is 0 Å². The summed E-state index contributed by atoms with van der Waals surface area (Å²) in [5.41, 5.74) is 0. The first kappa shape index (κ1) is 39.3. The molecule has 1 saturated carbocycles. The summed E-state index contributed by atoms with van der Waals surface area (Å²) >= 11 is 0. The Bertz CT molecular complexity index is 1660. The van der Waals surface area contributed by atoms with E-state index in [2.05, 4.69) is 25.1 Å². The lowest BCUT2D eigenvalue weighted by atomic mass is 9.83. The summed E-state index contributed by atoms with van der Waals surface area (Å²) < 4.78 is 225. The summed E-state index contributed by atoms with van der Waals surface area (Å²) in [6.45, 7) is -2.71. The third kappa shape index (κ3) is 14.7. The summed E-state index contributed by atoms with van der Waals surface area (Å²) in [5, 5.41) is 0. The second kappa shape index (κ2) is 14.1. The molecular formula is C12H22O26S6. The fourth-order valence-corrected chi connectivity index (χ4v) is 6.73. The molecule has 0 radical (unpaired) electrons. The topological polar surface area (TPSA) is 400 Å². The Morgan fingerprint density at radius 2 is 0.955 bits per heavy atom. The van der Waals surface area contributed by atoms with Crippen molar-refractivity contribution in [1.29, 1.82) is 0 Å². The van der Waals surface area contributed by atoms with Crippen LogP contribution in [-0.4, -0.2) is 134 Å². The average molecular weight is 775 g/mol. The van der Waals surface area contributed by atoms with Gasteiger partial charge in [-0.2, -0.15) is 50.5 Å². The zero-order chi connectivity index (χ0) is 34.1. The van der Waals surface area contributed by atoms with Crippen LogP contribution in [0.4, 0.5) is 0 Å². The highest BCUT2D eigenvalue weighted by molar-refractivity contribution is 7.82. The number of hydrogen-bond acceptors (Lipinski definition) is 20. The fraction of sp³-hybridized carbons (Fsp3) is 1.00. The predicted molar refractivity (Wildman–Crippen MR) is 127 cm³/mol. The van der Waals surface area contributed by atoms with Crippen LogP contribution in [0.5, 0.6) is 0 Å².